The van der Waals surface area contributed by atoms with Gasteiger partial charge in [0.25, 0.3) is 0 Å². The van der Waals surface area contributed by atoms with Crippen LogP contribution in [0.1, 0.15) is 118 Å². The first-order valence-electron chi connectivity index (χ1n) is 13.2. The van der Waals surface area contributed by atoms with Crippen molar-refractivity contribution in [1.29, 1.82) is 0 Å². The zero-order valence-electron chi connectivity index (χ0n) is 20.7. The lowest BCUT2D eigenvalue weighted by atomic mass is 9.56. The number of aliphatic carboxylic acids is 1. The van der Waals surface area contributed by atoms with Crippen molar-refractivity contribution in [3.8, 4) is 0 Å². The number of hydrogen-bond acceptors (Lipinski definition) is 3. The van der Waals surface area contributed by atoms with E-state index in [2.05, 4.69) is 27.7 Å². The lowest BCUT2D eigenvalue weighted by molar-refractivity contribution is -0.163. The second-order valence-electron chi connectivity index (χ2n) is 10.9. The van der Waals surface area contributed by atoms with Crippen molar-refractivity contribution in [2.45, 2.75) is 118 Å². The van der Waals surface area contributed by atoms with Crippen LogP contribution in [-0.2, 0) is 14.3 Å². The van der Waals surface area contributed by atoms with Crippen molar-refractivity contribution in [2.24, 2.45) is 35.0 Å². The van der Waals surface area contributed by atoms with Crippen LogP contribution in [0.25, 0.3) is 0 Å². The number of ether oxygens (including phenoxy) is 1. The molecule has 0 bridgehead atoms. The quantitative estimate of drug-likeness (QED) is 0.258. The molecule has 2 aliphatic carbocycles. The van der Waals surface area contributed by atoms with Gasteiger partial charge < -0.3 is 9.84 Å². The predicted molar refractivity (Wildman–Crippen MR) is 126 cm³/mol. The third kappa shape index (κ3) is 7.22. The Morgan fingerprint density at radius 3 is 2.19 bits per heavy atom. The molecule has 2 fully saturated rings. The molecule has 2 rings (SSSR count). The van der Waals surface area contributed by atoms with Crippen LogP contribution in [0, 0.1) is 35.0 Å². The first kappa shape index (κ1) is 26.2. The van der Waals surface area contributed by atoms with Gasteiger partial charge in [0, 0.05) is 0 Å². The number of esters is 1. The number of rotatable bonds is 12. The SMILES string of the molecule is CCCCCCC1C(CCCC)CCC(COC(=O)C2CCCCC2C(=O)O)C1(C)C. The summed E-state index contributed by atoms with van der Waals surface area (Å²) in [6.45, 7) is 9.80. The molecule has 0 radical (unpaired) electrons. The fourth-order valence-corrected chi connectivity index (χ4v) is 6.41. The van der Waals surface area contributed by atoms with Crippen molar-refractivity contribution in [2.75, 3.05) is 6.61 Å². The standard InChI is InChI=1S/C27H48O4/c1-5-7-9-10-16-24-20(13-8-6-2)17-18-21(27(24,3)4)19-31-26(30)23-15-12-11-14-22(23)25(28)29/h20-24H,5-19H2,1-4H3,(H,28,29). The summed E-state index contributed by atoms with van der Waals surface area (Å²) in [7, 11) is 0. The Morgan fingerprint density at radius 1 is 0.871 bits per heavy atom. The van der Waals surface area contributed by atoms with Gasteiger partial charge in [-0.15, -0.1) is 0 Å². The van der Waals surface area contributed by atoms with Gasteiger partial charge in [0.15, 0.2) is 0 Å². The molecule has 0 aromatic carbocycles. The van der Waals surface area contributed by atoms with Crippen molar-refractivity contribution in [1.82, 2.24) is 0 Å². The average molecular weight is 437 g/mol. The monoisotopic (exact) mass is 436 g/mol. The second kappa shape index (κ2) is 12.8. The van der Waals surface area contributed by atoms with E-state index in [0.29, 0.717) is 31.3 Å². The van der Waals surface area contributed by atoms with E-state index in [-0.39, 0.29) is 11.4 Å². The summed E-state index contributed by atoms with van der Waals surface area (Å²) in [5, 5.41) is 9.51. The molecule has 1 N–H and O–H groups in total. The third-order valence-electron chi connectivity index (χ3n) is 8.57. The molecule has 0 saturated heterocycles. The smallest absolute Gasteiger partial charge is 0.309 e. The highest BCUT2D eigenvalue weighted by atomic mass is 16.5. The average Bonchev–Trinajstić information content (AvgIpc) is 2.75. The molecule has 180 valence electrons. The van der Waals surface area contributed by atoms with Crippen LogP contribution in [0.15, 0.2) is 0 Å². The van der Waals surface area contributed by atoms with Crippen molar-refractivity contribution in [3.05, 3.63) is 0 Å². The molecule has 0 aromatic rings. The highest BCUT2D eigenvalue weighted by Gasteiger charge is 2.45. The first-order valence-corrected chi connectivity index (χ1v) is 13.2. The summed E-state index contributed by atoms with van der Waals surface area (Å²) in [5.74, 6) is -0.281. The van der Waals surface area contributed by atoms with Gasteiger partial charge in [-0.1, -0.05) is 85.5 Å². The van der Waals surface area contributed by atoms with Gasteiger partial charge in [-0.3, -0.25) is 9.59 Å². The topological polar surface area (TPSA) is 63.6 Å². The van der Waals surface area contributed by atoms with Crippen LogP contribution in [0.3, 0.4) is 0 Å². The third-order valence-corrected chi connectivity index (χ3v) is 8.57. The molecule has 0 aromatic heterocycles. The minimum Gasteiger partial charge on any atom is -0.481 e. The molecule has 0 spiro atoms. The predicted octanol–water partition coefficient (Wildman–Crippen LogP) is 7.25. The van der Waals surface area contributed by atoms with Crippen molar-refractivity contribution < 1.29 is 19.4 Å². The Bertz CT molecular complexity index is 555. The molecule has 31 heavy (non-hydrogen) atoms. The Kier molecular flexibility index (Phi) is 10.9. The summed E-state index contributed by atoms with van der Waals surface area (Å²) in [4.78, 5) is 24.4. The van der Waals surface area contributed by atoms with Gasteiger partial charge in [0.1, 0.15) is 0 Å². The van der Waals surface area contributed by atoms with E-state index in [4.69, 9.17) is 4.74 Å². The van der Waals surface area contributed by atoms with Crippen molar-refractivity contribution in [3.63, 3.8) is 0 Å². The van der Waals surface area contributed by atoms with Crippen LogP contribution >= 0.6 is 0 Å². The van der Waals surface area contributed by atoms with Gasteiger partial charge in [-0.2, -0.15) is 0 Å². The zero-order chi connectivity index (χ0) is 22.9. The fraction of sp³-hybridized carbons (Fsp3) is 0.926. The van der Waals surface area contributed by atoms with E-state index in [0.717, 1.165) is 25.2 Å². The fourth-order valence-electron chi connectivity index (χ4n) is 6.41. The summed E-state index contributed by atoms with van der Waals surface area (Å²) in [5.41, 5.74) is 0.155. The van der Waals surface area contributed by atoms with Gasteiger partial charge in [-0.05, 0) is 55.3 Å². The zero-order valence-corrected chi connectivity index (χ0v) is 20.7. The van der Waals surface area contributed by atoms with Crippen LogP contribution in [0.2, 0.25) is 0 Å². The van der Waals surface area contributed by atoms with Gasteiger partial charge in [0.05, 0.1) is 18.4 Å². The largest absolute Gasteiger partial charge is 0.481 e. The van der Waals surface area contributed by atoms with Gasteiger partial charge >= 0.3 is 11.9 Å². The maximum atomic E-state index is 12.8. The summed E-state index contributed by atoms with van der Waals surface area (Å²) in [6.07, 6.45) is 15.8. The number of unbranched alkanes of at least 4 members (excludes halogenated alkanes) is 4. The lowest BCUT2D eigenvalue weighted by Gasteiger charge is -2.50. The number of carbonyl (C=O) groups is 2. The molecular formula is C27H48O4. The molecule has 0 heterocycles. The van der Waals surface area contributed by atoms with Gasteiger partial charge in [0.2, 0.25) is 0 Å². The molecule has 2 saturated carbocycles. The van der Waals surface area contributed by atoms with E-state index in [9.17, 15) is 14.7 Å². The number of hydrogen-bond donors (Lipinski definition) is 1. The molecule has 2 aliphatic rings. The van der Waals surface area contributed by atoms with Crippen LogP contribution < -0.4 is 0 Å². The minimum absolute atomic E-state index is 0.155. The molecule has 0 aliphatic heterocycles. The highest BCUT2D eigenvalue weighted by Crippen LogP contribution is 2.51. The van der Waals surface area contributed by atoms with E-state index in [1.165, 1.54) is 57.8 Å². The summed E-state index contributed by atoms with van der Waals surface area (Å²) < 4.78 is 5.84. The Balaban J connectivity index is 1.99. The molecular weight excluding hydrogens is 388 g/mol. The normalized spacial score (nSPS) is 30.6. The number of carboxylic acid groups (broad SMARTS) is 1. The maximum Gasteiger partial charge on any atom is 0.309 e. The van der Waals surface area contributed by atoms with Gasteiger partial charge in [-0.25, -0.2) is 0 Å². The Morgan fingerprint density at radius 2 is 1.55 bits per heavy atom. The molecule has 4 nitrogen and oxygen atoms in total. The highest BCUT2D eigenvalue weighted by molar-refractivity contribution is 5.81. The summed E-state index contributed by atoms with van der Waals surface area (Å²) in [6, 6.07) is 0. The number of carboxylic acids is 1. The molecule has 5 atom stereocenters. The lowest BCUT2D eigenvalue weighted by Crippen LogP contribution is -2.44. The molecule has 0 amide bonds. The Labute approximate surface area is 190 Å². The molecule has 5 unspecified atom stereocenters. The van der Waals surface area contributed by atoms with Crippen LogP contribution in [0.4, 0.5) is 0 Å². The maximum absolute atomic E-state index is 12.8. The van der Waals surface area contributed by atoms with E-state index in [1.807, 2.05) is 0 Å². The van der Waals surface area contributed by atoms with Crippen LogP contribution in [0.5, 0.6) is 0 Å². The van der Waals surface area contributed by atoms with Crippen LogP contribution in [-0.4, -0.2) is 23.7 Å². The van der Waals surface area contributed by atoms with E-state index >= 15 is 0 Å². The van der Waals surface area contributed by atoms with E-state index in [1.54, 1.807) is 0 Å². The Hall–Kier alpha value is -1.06. The first-order chi connectivity index (χ1) is 14.8. The van der Waals surface area contributed by atoms with E-state index < -0.39 is 17.8 Å². The second-order valence-corrected chi connectivity index (χ2v) is 10.9. The molecule has 4 heteroatoms. The summed E-state index contributed by atoms with van der Waals surface area (Å²) >= 11 is 0. The van der Waals surface area contributed by atoms with Crippen molar-refractivity contribution >= 4 is 11.9 Å². The minimum atomic E-state index is -0.842. The number of carbonyl (C=O) groups excluding carboxylic acids is 1.